The van der Waals surface area contributed by atoms with E-state index in [1.807, 2.05) is 32.9 Å². The number of aryl methyl sites for hydroxylation is 2. The van der Waals surface area contributed by atoms with Crippen molar-refractivity contribution in [3.63, 3.8) is 0 Å². The molecule has 4 aromatic carbocycles. The number of fused-ring (bicyclic) bond motifs is 2. The zero-order chi connectivity index (χ0) is 58.8. The van der Waals surface area contributed by atoms with Crippen molar-refractivity contribution < 1.29 is 44.6 Å². The number of amides is 1. The van der Waals surface area contributed by atoms with Crippen molar-refractivity contribution >= 4 is 72.1 Å². The number of likely N-dealkylation sites (tertiary alicyclic amines) is 1. The van der Waals surface area contributed by atoms with Crippen LogP contribution in [0, 0.1) is 46.1 Å². The van der Waals surface area contributed by atoms with Crippen LogP contribution in [-0.4, -0.2) is 115 Å². The summed E-state index contributed by atoms with van der Waals surface area (Å²) < 4.78 is 106. The highest BCUT2D eigenvalue weighted by atomic mass is 35.5. The van der Waals surface area contributed by atoms with Crippen LogP contribution in [0.25, 0.3) is 21.8 Å². The van der Waals surface area contributed by atoms with Crippen LogP contribution in [0.2, 0.25) is 0 Å². The van der Waals surface area contributed by atoms with Crippen LogP contribution < -0.4 is 35.4 Å². The molecule has 0 spiro atoms. The molecule has 6 aromatic rings. The van der Waals surface area contributed by atoms with Gasteiger partial charge in [0, 0.05) is 53.4 Å². The quantitative estimate of drug-likeness (QED) is 0.0728. The number of aromatic nitrogens is 4. The summed E-state index contributed by atoms with van der Waals surface area (Å²) in [5.41, 5.74) is -1.17. The van der Waals surface area contributed by atoms with E-state index in [2.05, 4.69) is 24.7 Å². The van der Waals surface area contributed by atoms with Crippen LogP contribution in [0.4, 0.5) is 25.0 Å². The van der Waals surface area contributed by atoms with Gasteiger partial charge in [0.2, 0.25) is 0 Å². The van der Waals surface area contributed by atoms with Gasteiger partial charge in [-0.15, -0.1) is 12.4 Å². The van der Waals surface area contributed by atoms with Gasteiger partial charge in [0.15, 0.2) is 23.1 Å². The van der Waals surface area contributed by atoms with Crippen molar-refractivity contribution in [3.05, 3.63) is 117 Å². The number of ether oxygens (including phenoxy) is 3. The number of piperidine rings is 2. The maximum atomic E-state index is 14.9. The van der Waals surface area contributed by atoms with E-state index in [0.717, 1.165) is 84.5 Å². The Morgan fingerprint density at radius 3 is 1.51 bits per heavy atom. The molecule has 0 unspecified atom stereocenters. The number of nitrogens with one attached hydrogen (secondary N) is 3. The molecule has 22 nitrogen and oxygen atoms in total. The second kappa shape index (κ2) is 27.5. The van der Waals surface area contributed by atoms with Crippen molar-refractivity contribution in [1.29, 1.82) is 10.5 Å². The molecule has 1 amide bonds. The number of carbonyl (C=O) groups excluding carboxylic acids is 1. The highest BCUT2D eigenvalue weighted by molar-refractivity contribution is 7.90. The summed E-state index contributed by atoms with van der Waals surface area (Å²) in [6.45, 7) is 13.3. The fraction of sp³-hybridized carbons (Fsp3) is 0.436. The van der Waals surface area contributed by atoms with Gasteiger partial charge in [0.1, 0.15) is 40.4 Å². The molecule has 0 aliphatic carbocycles. The lowest BCUT2D eigenvalue weighted by Gasteiger charge is -2.33. The first kappa shape index (κ1) is 63.7. The van der Waals surface area contributed by atoms with E-state index >= 15 is 0 Å². The lowest BCUT2D eigenvalue weighted by atomic mass is 9.94. The van der Waals surface area contributed by atoms with E-state index < -0.39 is 49.2 Å². The Labute approximate surface area is 481 Å². The van der Waals surface area contributed by atoms with E-state index in [9.17, 15) is 50.5 Å². The summed E-state index contributed by atoms with van der Waals surface area (Å²) >= 11 is 0. The number of benzene rings is 4. The SMILES string of the molecule is CCN(C)S(=O)(=O)Nc1ccc(F)c(Oc2ccc3ncn(CCC4CCN(C(=O)OC(C)(C)C)CC4)c(=O)c3c2)c1C#N.CCN(C)S(=O)(=O)Nc1ccc(F)c(Oc2ccc3ncn(CCC4CCNCC4)c(=O)c3c2)c1C#N.Cl. The largest absolute Gasteiger partial charge is 0.453 e. The summed E-state index contributed by atoms with van der Waals surface area (Å²) in [5.74, 6) is -1.60. The van der Waals surface area contributed by atoms with Gasteiger partial charge in [0.25, 0.3) is 11.1 Å². The molecule has 0 atom stereocenters. The number of rotatable bonds is 18. The number of anilines is 2. The first-order valence-corrected chi connectivity index (χ1v) is 29.3. The maximum Gasteiger partial charge on any atom is 0.410 e. The van der Waals surface area contributed by atoms with Crippen molar-refractivity contribution in [2.24, 2.45) is 11.8 Å². The molecule has 4 heterocycles. The summed E-state index contributed by atoms with van der Waals surface area (Å²) in [6.07, 6.45) is 8.03. The van der Waals surface area contributed by atoms with Crippen LogP contribution in [0.15, 0.2) is 82.9 Å². The Balaban J connectivity index is 0.000000264. The van der Waals surface area contributed by atoms with Crippen molar-refractivity contribution in [2.45, 2.75) is 91.8 Å². The van der Waals surface area contributed by atoms with E-state index in [1.54, 1.807) is 35.4 Å². The van der Waals surface area contributed by atoms with Gasteiger partial charge < -0.3 is 24.4 Å². The second-order valence-electron chi connectivity index (χ2n) is 20.6. The number of nitriles is 2. The third-order valence-corrected chi connectivity index (χ3v) is 17.1. The molecule has 82 heavy (non-hydrogen) atoms. The lowest BCUT2D eigenvalue weighted by Crippen LogP contribution is -2.41. The van der Waals surface area contributed by atoms with Gasteiger partial charge >= 0.3 is 26.5 Å². The first-order valence-electron chi connectivity index (χ1n) is 26.4. The molecule has 440 valence electrons. The predicted molar refractivity (Wildman–Crippen MR) is 309 cm³/mol. The Hall–Kier alpha value is -7.46. The highest BCUT2D eigenvalue weighted by Crippen LogP contribution is 2.36. The molecule has 2 fully saturated rings. The van der Waals surface area contributed by atoms with Crippen molar-refractivity contribution in [3.8, 4) is 35.1 Å². The molecule has 0 saturated carbocycles. The van der Waals surface area contributed by atoms with Gasteiger partial charge in [-0.2, -0.15) is 36.0 Å². The normalized spacial score (nSPS) is 14.3. The third-order valence-electron chi connectivity index (χ3n) is 13.9. The molecule has 2 aliphatic rings. The highest BCUT2D eigenvalue weighted by Gasteiger charge is 2.28. The molecule has 2 saturated heterocycles. The maximum absolute atomic E-state index is 14.9. The molecule has 3 N–H and O–H groups in total. The van der Waals surface area contributed by atoms with Crippen LogP contribution >= 0.6 is 12.4 Å². The van der Waals surface area contributed by atoms with E-state index in [0.29, 0.717) is 54.4 Å². The molecule has 0 radical (unpaired) electrons. The molecular weight excluding hydrogens is 1130 g/mol. The fourth-order valence-electron chi connectivity index (χ4n) is 8.98. The Kier molecular flexibility index (Phi) is 21.4. The Morgan fingerprint density at radius 1 is 0.707 bits per heavy atom. The predicted octanol–water partition coefficient (Wildman–Crippen LogP) is 8.46. The van der Waals surface area contributed by atoms with Gasteiger partial charge in [-0.3, -0.25) is 28.2 Å². The minimum atomic E-state index is -3.99. The average Bonchev–Trinajstić information content (AvgIpc) is 3.61. The van der Waals surface area contributed by atoms with Gasteiger partial charge in [-0.25, -0.2) is 23.5 Å². The molecule has 2 aliphatic heterocycles. The zero-order valence-corrected chi connectivity index (χ0v) is 49.0. The molecule has 8 rings (SSSR count). The van der Waals surface area contributed by atoms with E-state index in [-0.39, 0.29) is 82.1 Å². The fourth-order valence-corrected chi connectivity index (χ4v) is 10.9. The summed E-state index contributed by atoms with van der Waals surface area (Å²) in [5, 5.41) is 23.3. The zero-order valence-electron chi connectivity index (χ0n) is 46.6. The van der Waals surface area contributed by atoms with Gasteiger partial charge in [-0.05, 0) is 145 Å². The average molecular weight is 1190 g/mol. The minimum absolute atomic E-state index is 0. The Bertz CT molecular complexity index is 3730. The summed E-state index contributed by atoms with van der Waals surface area (Å²) in [6, 6.07) is 16.9. The lowest BCUT2D eigenvalue weighted by molar-refractivity contribution is 0.0179. The monoisotopic (exact) mass is 1190 g/mol. The number of nitrogens with zero attached hydrogens (tertiary/aromatic N) is 9. The smallest absolute Gasteiger partial charge is 0.410 e. The minimum Gasteiger partial charge on any atom is -0.453 e. The van der Waals surface area contributed by atoms with Crippen LogP contribution in [0.1, 0.15) is 84.3 Å². The van der Waals surface area contributed by atoms with Crippen molar-refractivity contribution in [1.82, 2.24) is 37.9 Å². The first-order chi connectivity index (χ1) is 38.4. The van der Waals surface area contributed by atoms with Crippen LogP contribution in [-0.2, 0) is 38.2 Å². The topological polar surface area (TPSA) is 276 Å². The second-order valence-corrected chi connectivity index (χ2v) is 24.1. The van der Waals surface area contributed by atoms with E-state index in [1.165, 1.54) is 55.6 Å². The number of hydrogen-bond donors (Lipinski definition) is 3. The molecule has 0 bridgehead atoms. The Morgan fingerprint density at radius 2 is 1.12 bits per heavy atom. The van der Waals surface area contributed by atoms with E-state index in [4.69, 9.17) is 14.2 Å². The summed E-state index contributed by atoms with van der Waals surface area (Å²) in [4.78, 5) is 49.3. The van der Waals surface area contributed by atoms with Crippen molar-refractivity contribution in [2.75, 3.05) is 62.8 Å². The standard InChI is InChI=1S/C30H37FN6O6S.C25H29FN6O4S.ClH/c1-6-35(5)44(40,41)34-26-10-8-24(31)27(23(26)18-32)42-21-7-9-25-22(17-21)28(38)37(19-33-25)16-13-20-11-14-36(15-12-20)29(39)43-30(2,3)4;1-3-31(2)37(34,35)30-23-7-5-21(26)24(20(23)15-27)36-18-4-6-22-19(14-18)25(33)32(16-29-22)13-10-17-8-11-28-12-9-17;/h7-10,17,19-20,34H,6,11-16H2,1-5H3;4-7,14,16-17,28,30H,3,8-13H2,1-2H3;1H. The van der Waals surface area contributed by atoms with Gasteiger partial charge in [0.05, 0.1) is 45.8 Å². The number of hydrogen-bond acceptors (Lipinski definition) is 15. The summed E-state index contributed by atoms with van der Waals surface area (Å²) in [7, 11) is -5.20. The molecular formula is C55H67ClF2N12O10S2. The number of carbonyl (C=O) groups is 1. The number of halogens is 3. The molecule has 27 heteroatoms. The third kappa shape index (κ3) is 15.7. The van der Waals surface area contributed by atoms with Gasteiger partial charge in [-0.1, -0.05) is 13.8 Å². The molecule has 2 aromatic heterocycles. The van der Waals surface area contributed by atoms with Crippen LogP contribution in [0.5, 0.6) is 23.0 Å². The van der Waals surface area contributed by atoms with Crippen LogP contribution in [0.3, 0.4) is 0 Å².